The highest BCUT2D eigenvalue weighted by Gasteiger charge is 2.26. The molecule has 0 bridgehead atoms. The summed E-state index contributed by atoms with van der Waals surface area (Å²) in [6.45, 7) is 7.81. The number of piperidine rings is 1. The Hall–Kier alpha value is -2.67. The summed E-state index contributed by atoms with van der Waals surface area (Å²) in [7, 11) is 0. The third-order valence-electron chi connectivity index (χ3n) is 4.91. The summed E-state index contributed by atoms with van der Waals surface area (Å²) < 4.78 is 5.20. The number of hydrogen-bond acceptors (Lipinski definition) is 5. The van der Waals surface area contributed by atoms with Gasteiger partial charge in [0.05, 0.1) is 12.2 Å². The quantitative estimate of drug-likeness (QED) is 0.826. The van der Waals surface area contributed by atoms with Gasteiger partial charge in [-0.1, -0.05) is 44.1 Å². The predicted molar refractivity (Wildman–Crippen MR) is 108 cm³/mol. The lowest BCUT2D eigenvalue weighted by Gasteiger charge is -2.30. The maximum absolute atomic E-state index is 12.4. The molecule has 2 aromatic rings. The summed E-state index contributed by atoms with van der Waals surface area (Å²) in [5.41, 5.74) is 1.48. The molecular formula is C21H28N4O3. The van der Waals surface area contributed by atoms with Crippen molar-refractivity contribution in [2.24, 2.45) is 5.92 Å². The molecule has 1 saturated heterocycles. The van der Waals surface area contributed by atoms with Gasteiger partial charge in [0, 0.05) is 23.1 Å². The van der Waals surface area contributed by atoms with Crippen molar-refractivity contribution < 1.29 is 14.1 Å². The molecule has 2 heterocycles. The monoisotopic (exact) mass is 384 g/mol. The van der Waals surface area contributed by atoms with Crippen LogP contribution in [0, 0.1) is 5.92 Å². The second kappa shape index (κ2) is 8.56. The molecular weight excluding hydrogens is 356 g/mol. The lowest BCUT2D eigenvalue weighted by molar-refractivity contribution is -0.121. The zero-order valence-electron chi connectivity index (χ0n) is 16.7. The Morgan fingerprint density at radius 2 is 1.82 bits per heavy atom. The van der Waals surface area contributed by atoms with Gasteiger partial charge in [-0.3, -0.25) is 19.8 Å². The van der Waals surface area contributed by atoms with Gasteiger partial charge in [-0.05, 0) is 38.1 Å². The molecule has 1 aliphatic heterocycles. The topological polar surface area (TPSA) is 87.5 Å². The maximum atomic E-state index is 12.4. The van der Waals surface area contributed by atoms with Crippen LogP contribution in [0.4, 0.5) is 11.6 Å². The smallest absolute Gasteiger partial charge is 0.240 e. The number of benzene rings is 1. The van der Waals surface area contributed by atoms with Crippen molar-refractivity contribution in [3.8, 4) is 0 Å². The molecule has 0 spiro atoms. The molecule has 0 unspecified atom stereocenters. The molecule has 1 aromatic heterocycles. The minimum Gasteiger partial charge on any atom is -0.338 e. The van der Waals surface area contributed by atoms with Crippen LogP contribution in [0.2, 0.25) is 0 Å². The Morgan fingerprint density at radius 1 is 1.14 bits per heavy atom. The van der Waals surface area contributed by atoms with Crippen molar-refractivity contribution in [3.05, 3.63) is 42.1 Å². The summed E-state index contributed by atoms with van der Waals surface area (Å²) in [6, 6.07) is 11.2. The normalized spacial score (nSPS) is 16.0. The molecule has 1 fully saturated rings. The van der Waals surface area contributed by atoms with Gasteiger partial charge in [-0.15, -0.1) is 0 Å². The Labute approximate surface area is 165 Å². The van der Waals surface area contributed by atoms with Gasteiger partial charge < -0.3 is 9.84 Å². The zero-order valence-corrected chi connectivity index (χ0v) is 16.7. The fourth-order valence-electron chi connectivity index (χ4n) is 3.19. The van der Waals surface area contributed by atoms with E-state index in [2.05, 4.69) is 20.7 Å². The number of aromatic nitrogens is 1. The van der Waals surface area contributed by atoms with Gasteiger partial charge in [0.25, 0.3) is 0 Å². The van der Waals surface area contributed by atoms with Crippen LogP contribution < -0.4 is 10.6 Å². The minimum atomic E-state index is -0.135. The summed E-state index contributed by atoms with van der Waals surface area (Å²) in [4.78, 5) is 26.7. The maximum Gasteiger partial charge on any atom is 0.240 e. The van der Waals surface area contributed by atoms with Gasteiger partial charge >= 0.3 is 0 Å². The van der Waals surface area contributed by atoms with E-state index in [0.717, 1.165) is 24.2 Å². The Bertz CT molecular complexity index is 803. The number of anilines is 2. The molecule has 0 atom stereocenters. The Balaban J connectivity index is 1.43. The molecule has 3 rings (SSSR count). The lowest BCUT2D eigenvalue weighted by atomic mass is 9.92. The number of nitrogens with zero attached hydrogens (tertiary/aromatic N) is 2. The average Bonchev–Trinajstić information content (AvgIpc) is 3.12. The summed E-state index contributed by atoms with van der Waals surface area (Å²) >= 11 is 0. The van der Waals surface area contributed by atoms with Crippen LogP contribution in [0.1, 0.15) is 39.3 Å². The van der Waals surface area contributed by atoms with E-state index >= 15 is 0 Å². The first-order chi connectivity index (χ1) is 13.3. The first-order valence-electron chi connectivity index (χ1n) is 9.66. The highest BCUT2D eigenvalue weighted by Crippen LogP contribution is 2.24. The van der Waals surface area contributed by atoms with Crippen LogP contribution >= 0.6 is 0 Å². The van der Waals surface area contributed by atoms with Gasteiger partial charge in [0.15, 0.2) is 0 Å². The number of carbonyl (C=O) groups excluding carboxylic acids is 2. The predicted octanol–water partition coefficient (Wildman–Crippen LogP) is 3.26. The van der Waals surface area contributed by atoms with Crippen molar-refractivity contribution in [1.29, 1.82) is 0 Å². The number of hydrogen-bond donors (Lipinski definition) is 2. The number of amides is 2. The van der Waals surface area contributed by atoms with Crippen molar-refractivity contribution in [3.63, 3.8) is 0 Å². The van der Waals surface area contributed by atoms with Crippen LogP contribution in [0.3, 0.4) is 0 Å². The van der Waals surface area contributed by atoms with Crippen molar-refractivity contribution in [1.82, 2.24) is 10.1 Å². The van der Waals surface area contributed by atoms with Gasteiger partial charge in [0.2, 0.25) is 17.7 Å². The third kappa shape index (κ3) is 5.42. The molecule has 7 nitrogen and oxygen atoms in total. The Kier molecular flexibility index (Phi) is 6.14. The van der Waals surface area contributed by atoms with Crippen LogP contribution in [-0.4, -0.2) is 41.5 Å². The fraction of sp³-hybridized carbons (Fsp3) is 0.476. The summed E-state index contributed by atoms with van der Waals surface area (Å²) in [5, 5.41) is 9.72. The lowest BCUT2D eigenvalue weighted by Crippen LogP contribution is -2.41. The number of likely N-dealkylation sites (tertiary alicyclic amines) is 1. The molecule has 0 radical (unpaired) electrons. The second-order valence-electron chi connectivity index (χ2n) is 8.28. The van der Waals surface area contributed by atoms with Crippen molar-refractivity contribution in [2.45, 2.75) is 39.0 Å². The van der Waals surface area contributed by atoms with Gasteiger partial charge in [-0.25, -0.2) is 0 Å². The van der Waals surface area contributed by atoms with Gasteiger partial charge in [-0.2, -0.15) is 0 Å². The number of nitrogens with one attached hydrogen (secondary N) is 2. The summed E-state index contributed by atoms with van der Waals surface area (Å²) in [5.74, 6) is 0.255. The summed E-state index contributed by atoms with van der Waals surface area (Å²) in [6.07, 6.45) is 1.48. The molecule has 1 aromatic carbocycles. The molecule has 28 heavy (non-hydrogen) atoms. The first-order valence-corrected chi connectivity index (χ1v) is 9.66. The molecule has 0 aliphatic carbocycles. The van der Waals surface area contributed by atoms with E-state index in [1.165, 1.54) is 0 Å². The second-order valence-corrected chi connectivity index (χ2v) is 8.28. The van der Waals surface area contributed by atoms with Crippen molar-refractivity contribution in [2.75, 3.05) is 30.3 Å². The van der Waals surface area contributed by atoms with E-state index < -0.39 is 0 Å². The van der Waals surface area contributed by atoms with E-state index in [-0.39, 0.29) is 29.7 Å². The molecule has 2 amide bonds. The first kappa shape index (κ1) is 20.1. The van der Waals surface area contributed by atoms with E-state index in [4.69, 9.17) is 4.52 Å². The van der Waals surface area contributed by atoms with Crippen molar-refractivity contribution >= 4 is 23.4 Å². The molecule has 150 valence electrons. The van der Waals surface area contributed by atoms with E-state index in [1.54, 1.807) is 6.07 Å². The fourth-order valence-corrected chi connectivity index (χ4v) is 3.19. The largest absolute Gasteiger partial charge is 0.338 e. The highest BCUT2D eigenvalue weighted by atomic mass is 16.5. The van der Waals surface area contributed by atoms with E-state index in [0.29, 0.717) is 19.0 Å². The standard InChI is InChI=1S/C21H28N4O3/c1-21(2,3)17-13-19(28-24-17)23-18(26)14-25-11-9-15(10-12-25)20(27)22-16-7-5-4-6-8-16/h4-8,13,15H,9-12,14H2,1-3H3,(H,22,27)(H,23,26). The van der Waals surface area contributed by atoms with Gasteiger partial charge in [0.1, 0.15) is 0 Å². The SMILES string of the molecule is CC(C)(C)c1cc(NC(=O)CN2CCC(C(=O)Nc3ccccc3)CC2)on1. The number of rotatable bonds is 5. The van der Waals surface area contributed by atoms with E-state index in [1.807, 2.05) is 51.1 Å². The van der Waals surface area contributed by atoms with Crippen LogP contribution in [0.25, 0.3) is 0 Å². The third-order valence-corrected chi connectivity index (χ3v) is 4.91. The van der Waals surface area contributed by atoms with Crippen LogP contribution in [0.15, 0.2) is 40.9 Å². The average molecular weight is 384 g/mol. The van der Waals surface area contributed by atoms with E-state index in [9.17, 15) is 9.59 Å². The zero-order chi connectivity index (χ0) is 20.1. The number of carbonyl (C=O) groups is 2. The minimum absolute atomic E-state index is 0.0249. The Morgan fingerprint density at radius 3 is 2.43 bits per heavy atom. The molecule has 2 N–H and O–H groups in total. The highest BCUT2D eigenvalue weighted by molar-refractivity contribution is 5.93. The molecule has 0 saturated carbocycles. The molecule has 7 heteroatoms. The van der Waals surface area contributed by atoms with Crippen LogP contribution in [-0.2, 0) is 15.0 Å². The van der Waals surface area contributed by atoms with Crippen LogP contribution in [0.5, 0.6) is 0 Å². The molecule has 1 aliphatic rings. The number of para-hydroxylation sites is 1.